The first-order chi connectivity index (χ1) is 12.4. The number of hydrogen-bond donors (Lipinski definition) is 0. The van der Waals surface area contributed by atoms with Crippen molar-refractivity contribution in [1.82, 2.24) is 4.90 Å². The van der Waals surface area contributed by atoms with Gasteiger partial charge in [-0.25, -0.2) is 14.4 Å². The van der Waals surface area contributed by atoms with E-state index in [1.54, 1.807) is 62.3 Å². The number of carbonyl (C=O) groups is 4. The van der Waals surface area contributed by atoms with E-state index < -0.39 is 53.4 Å². The average molecular weight is 403 g/mol. The molecule has 0 aliphatic rings. The average Bonchev–Trinajstić information content (AvgIpc) is 2.40. The van der Waals surface area contributed by atoms with Gasteiger partial charge >= 0.3 is 24.1 Å². The van der Waals surface area contributed by atoms with Gasteiger partial charge in [0, 0.05) is 0 Å². The van der Waals surface area contributed by atoms with Gasteiger partial charge in [0.25, 0.3) is 0 Å². The lowest BCUT2D eigenvalue weighted by molar-refractivity contribution is -0.164. The first kappa shape index (κ1) is 25.7. The molecule has 0 fully saturated rings. The van der Waals surface area contributed by atoms with Crippen molar-refractivity contribution in [3.63, 3.8) is 0 Å². The molecule has 0 N–H and O–H groups in total. The Morgan fingerprint density at radius 3 is 1.36 bits per heavy atom. The lowest BCUT2D eigenvalue weighted by Crippen LogP contribution is -2.54. The van der Waals surface area contributed by atoms with Crippen LogP contribution in [0.2, 0.25) is 0 Å². The summed E-state index contributed by atoms with van der Waals surface area (Å²) in [4.78, 5) is 50.4. The van der Waals surface area contributed by atoms with E-state index in [2.05, 4.69) is 4.74 Å². The fourth-order valence-electron chi connectivity index (χ4n) is 1.84. The molecule has 0 aliphatic carbocycles. The third-order valence-corrected chi connectivity index (χ3v) is 2.76. The smallest absolute Gasteiger partial charge is 0.420 e. The van der Waals surface area contributed by atoms with Crippen LogP contribution >= 0.6 is 0 Å². The fraction of sp³-hybridized carbons (Fsp3) is 0.789. The monoisotopic (exact) mass is 403 g/mol. The molecule has 0 rings (SSSR count). The van der Waals surface area contributed by atoms with Crippen LogP contribution < -0.4 is 0 Å². The molecule has 9 heteroatoms. The van der Waals surface area contributed by atoms with Gasteiger partial charge in [-0.2, -0.15) is 4.90 Å². The minimum absolute atomic E-state index is 0.460. The summed E-state index contributed by atoms with van der Waals surface area (Å²) in [5.74, 6) is -1.78. The zero-order valence-electron chi connectivity index (χ0n) is 18.5. The predicted octanol–water partition coefficient (Wildman–Crippen LogP) is 3.43. The number of nitrogens with zero attached hydrogens (tertiary/aromatic N) is 1. The van der Waals surface area contributed by atoms with E-state index in [0.717, 1.165) is 7.11 Å². The Morgan fingerprint density at radius 2 is 1.07 bits per heavy atom. The highest BCUT2D eigenvalue weighted by Gasteiger charge is 2.43. The van der Waals surface area contributed by atoms with Crippen LogP contribution in [-0.4, -0.2) is 59.0 Å². The van der Waals surface area contributed by atoms with Crippen LogP contribution in [0.1, 0.15) is 68.7 Å². The van der Waals surface area contributed by atoms with Gasteiger partial charge in [-0.15, -0.1) is 0 Å². The Kier molecular flexibility index (Phi) is 8.48. The molecule has 0 saturated carbocycles. The van der Waals surface area contributed by atoms with Crippen LogP contribution in [0, 0.1) is 0 Å². The number of esters is 2. The molecule has 1 atom stereocenters. The summed E-state index contributed by atoms with van der Waals surface area (Å²) in [6.07, 6.45) is -2.88. The number of methoxy groups -OCH3 is 1. The summed E-state index contributed by atoms with van der Waals surface area (Å²) in [5.41, 5.74) is -2.83. The second kappa shape index (κ2) is 9.25. The van der Waals surface area contributed by atoms with Crippen LogP contribution in [0.4, 0.5) is 9.59 Å². The van der Waals surface area contributed by atoms with Gasteiger partial charge in [0.2, 0.25) is 0 Å². The highest BCUT2D eigenvalue weighted by Crippen LogP contribution is 2.21. The van der Waals surface area contributed by atoms with E-state index in [0.29, 0.717) is 4.90 Å². The maximum atomic E-state index is 12.7. The van der Waals surface area contributed by atoms with Crippen molar-refractivity contribution in [2.45, 2.75) is 91.6 Å². The third kappa shape index (κ3) is 10.1. The quantitative estimate of drug-likeness (QED) is 0.519. The van der Waals surface area contributed by atoms with Gasteiger partial charge in [-0.05, 0) is 62.3 Å². The lowest BCUT2D eigenvalue weighted by atomic mass is 10.1. The van der Waals surface area contributed by atoms with E-state index in [1.807, 2.05) is 0 Å². The second-order valence-corrected chi connectivity index (χ2v) is 9.16. The summed E-state index contributed by atoms with van der Waals surface area (Å²) in [6, 6.07) is -1.61. The van der Waals surface area contributed by atoms with Gasteiger partial charge in [-0.3, -0.25) is 4.79 Å². The number of amides is 2. The molecular formula is C19H33NO8. The summed E-state index contributed by atoms with van der Waals surface area (Å²) in [6.45, 7) is 14.4. The number of imide groups is 1. The first-order valence-electron chi connectivity index (χ1n) is 8.91. The van der Waals surface area contributed by atoms with Crippen LogP contribution in [-0.2, 0) is 28.5 Å². The molecule has 162 valence electrons. The predicted molar refractivity (Wildman–Crippen MR) is 101 cm³/mol. The standard InChI is InChI=1S/C19H33NO8/c1-17(2,3)26-14(22)12(11-13(21)25-10)20(15(23)27-18(4,5)6)16(24)28-19(7,8)9/h12H,11H2,1-10H3. The maximum absolute atomic E-state index is 12.7. The molecule has 0 aromatic heterocycles. The largest absolute Gasteiger partial charge is 0.469 e. The summed E-state index contributed by atoms with van der Waals surface area (Å²) < 4.78 is 20.4. The Labute approximate surface area is 166 Å². The maximum Gasteiger partial charge on any atom is 0.420 e. The number of ether oxygens (including phenoxy) is 4. The fourth-order valence-corrected chi connectivity index (χ4v) is 1.84. The molecule has 2 amide bonds. The van der Waals surface area contributed by atoms with Crippen LogP contribution in [0.15, 0.2) is 0 Å². The van der Waals surface area contributed by atoms with E-state index in [9.17, 15) is 19.2 Å². The molecule has 28 heavy (non-hydrogen) atoms. The molecule has 9 nitrogen and oxygen atoms in total. The minimum Gasteiger partial charge on any atom is -0.469 e. The second-order valence-electron chi connectivity index (χ2n) is 9.16. The van der Waals surface area contributed by atoms with Gasteiger partial charge in [0.15, 0.2) is 6.04 Å². The van der Waals surface area contributed by atoms with Crippen molar-refractivity contribution in [1.29, 1.82) is 0 Å². The Balaban J connectivity index is 6.10. The topological polar surface area (TPSA) is 108 Å². The van der Waals surface area contributed by atoms with E-state index in [-0.39, 0.29) is 0 Å². The molecule has 0 saturated heterocycles. The van der Waals surface area contributed by atoms with Gasteiger partial charge in [0.05, 0.1) is 13.5 Å². The number of rotatable bonds is 4. The minimum atomic E-state index is -1.61. The van der Waals surface area contributed by atoms with Crippen LogP contribution in [0.5, 0.6) is 0 Å². The Bertz CT molecular complexity index is 565. The molecule has 0 aromatic carbocycles. The van der Waals surface area contributed by atoms with Crippen molar-refractivity contribution in [3.8, 4) is 0 Å². The molecule has 0 heterocycles. The third-order valence-electron chi connectivity index (χ3n) is 2.76. The van der Waals surface area contributed by atoms with Crippen molar-refractivity contribution < 1.29 is 38.1 Å². The lowest BCUT2D eigenvalue weighted by Gasteiger charge is -2.33. The molecule has 0 aliphatic heterocycles. The summed E-state index contributed by atoms with van der Waals surface area (Å²) >= 11 is 0. The first-order valence-corrected chi connectivity index (χ1v) is 8.91. The molecule has 0 radical (unpaired) electrons. The van der Waals surface area contributed by atoms with Gasteiger partial charge in [-0.1, -0.05) is 0 Å². The van der Waals surface area contributed by atoms with Gasteiger partial charge < -0.3 is 18.9 Å². The summed E-state index contributed by atoms with van der Waals surface area (Å²) in [7, 11) is 1.12. The van der Waals surface area contributed by atoms with E-state index in [4.69, 9.17) is 14.2 Å². The normalized spacial score (nSPS) is 13.2. The SMILES string of the molecule is COC(=O)CC(C(=O)OC(C)(C)C)N(C(=O)OC(C)(C)C)C(=O)OC(C)(C)C. The number of carbonyl (C=O) groups excluding carboxylic acids is 4. The molecular weight excluding hydrogens is 370 g/mol. The number of hydrogen-bond acceptors (Lipinski definition) is 8. The van der Waals surface area contributed by atoms with Crippen LogP contribution in [0.25, 0.3) is 0 Å². The van der Waals surface area contributed by atoms with Crippen molar-refractivity contribution in [2.75, 3.05) is 7.11 Å². The highest BCUT2D eigenvalue weighted by molar-refractivity contribution is 5.96. The molecule has 0 spiro atoms. The van der Waals surface area contributed by atoms with E-state index in [1.165, 1.54) is 0 Å². The summed E-state index contributed by atoms with van der Waals surface area (Å²) in [5, 5.41) is 0. The Hall–Kier alpha value is -2.32. The highest BCUT2D eigenvalue weighted by atomic mass is 16.6. The molecule has 0 bridgehead atoms. The van der Waals surface area contributed by atoms with E-state index >= 15 is 0 Å². The van der Waals surface area contributed by atoms with Crippen molar-refractivity contribution in [2.24, 2.45) is 0 Å². The Morgan fingerprint density at radius 1 is 0.714 bits per heavy atom. The zero-order valence-corrected chi connectivity index (χ0v) is 18.5. The van der Waals surface area contributed by atoms with Crippen molar-refractivity contribution in [3.05, 3.63) is 0 Å². The zero-order chi connectivity index (χ0) is 22.5. The molecule has 1 unspecified atom stereocenters. The molecule has 0 aromatic rings. The van der Waals surface area contributed by atoms with Crippen molar-refractivity contribution >= 4 is 24.1 Å². The van der Waals surface area contributed by atoms with Gasteiger partial charge in [0.1, 0.15) is 16.8 Å². The van der Waals surface area contributed by atoms with Crippen LogP contribution in [0.3, 0.4) is 0 Å².